The van der Waals surface area contributed by atoms with E-state index in [4.69, 9.17) is 16.3 Å². The third-order valence-electron chi connectivity index (χ3n) is 4.32. The number of benzene rings is 1. The number of anilines is 2. The fraction of sp³-hybridized carbons (Fsp3) is 0.278. The predicted octanol–water partition coefficient (Wildman–Crippen LogP) is 3.79. The zero-order valence-corrected chi connectivity index (χ0v) is 16.1. The lowest BCUT2D eigenvalue weighted by atomic mass is 10.2. The van der Waals surface area contributed by atoms with Crippen molar-refractivity contribution < 1.29 is 18.6 Å². The van der Waals surface area contributed by atoms with Crippen molar-refractivity contribution in [3.8, 4) is 5.88 Å². The predicted molar refractivity (Wildman–Crippen MR) is 105 cm³/mol. The molecule has 152 valence electrons. The Kier molecular flexibility index (Phi) is 5.20. The highest BCUT2D eigenvalue weighted by Gasteiger charge is 2.18. The summed E-state index contributed by atoms with van der Waals surface area (Å²) in [5.74, 6) is 0.484. The van der Waals surface area contributed by atoms with Gasteiger partial charge in [-0.2, -0.15) is 15.1 Å². The Hall–Kier alpha value is -2.98. The van der Waals surface area contributed by atoms with E-state index >= 15 is 0 Å². The van der Waals surface area contributed by atoms with Gasteiger partial charge in [-0.25, -0.2) is 8.78 Å². The van der Waals surface area contributed by atoms with Crippen molar-refractivity contribution in [2.45, 2.75) is 26.6 Å². The average Bonchev–Trinajstić information content (AvgIpc) is 3.23. The van der Waals surface area contributed by atoms with Crippen molar-refractivity contribution in [3.63, 3.8) is 0 Å². The molecule has 0 aliphatic rings. The molecule has 0 aliphatic heterocycles. The molecular weight excluding hydrogens is 406 g/mol. The highest BCUT2D eigenvalue weighted by molar-refractivity contribution is 6.36. The Morgan fingerprint density at radius 2 is 2.14 bits per heavy atom. The van der Waals surface area contributed by atoms with E-state index in [9.17, 15) is 13.9 Å². The molecule has 8 nitrogen and oxygen atoms in total. The van der Waals surface area contributed by atoms with E-state index < -0.39 is 13.0 Å². The van der Waals surface area contributed by atoms with Crippen LogP contribution in [-0.4, -0.2) is 42.5 Å². The van der Waals surface area contributed by atoms with Gasteiger partial charge < -0.3 is 19.7 Å². The van der Waals surface area contributed by atoms with Crippen LogP contribution in [0.4, 0.5) is 20.4 Å². The maximum absolute atomic E-state index is 12.8. The van der Waals surface area contributed by atoms with Gasteiger partial charge in [0.2, 0.25) is 11.8 Å². The first kappa shape index (κ1) is 19.3. The fourth-order valence-corrected chi connectivity index (χ4v) is 3.41. The number of aromatic nitrogens is 5. The van der Waals surface area contributed by atoms with Crippen molar-refractivity contribution in [1.29, 1.82) is 0 Å². The number of aliphatic hydroxyl groups excluding tert-OH is 1. The number of fused-ring (bicyclic) bond motifs is 2. The zero-order chi connectivity index (χ0) is 20.5. The molecule has 2 N–H and O–H groups in total. The van der Waals surface area contributed by atoms with E-state index in [1.807, 2.05) is 6.92 Å². The Morgan fingerprint density at radius 1 is 1.31 bits per heavy atom. The quantitative estimate of drug-likeness (QED) is 0.471. The number of aliphatic hydroxyl groups is 1. The summed E-state index contributed by atoms with van der Waals surface area (Å²) in [6, 6.07) is 5.20. The summed E-state index contributed by atoms with van der Waals surface area (Å²) < 4.78 is 33.9. The molecule has 4 rings (SSSR count). The molecule has 3 aromatic heterocycles. The molecule has 0 saturated carbocycles. The first-order valence-corrected chi connectivity index (χ1v) is 9.19. The molecule has 0 saturated heterocycles. The first-order chi connectivity index (χ1) is 14.0. The van der Waals surface area contributed by atoms with Crippen molar-refractivity contribution in [2.24, 2.45) is 0 Å². The van der Waals surface area contributed by atoms with Gasteiger partial charge in [-0.05, 0) is 19.1 Å². The standard InChI is InChI=1S/C18H17ClF2N6O2/c1-2-29-17-15-11(19)7-26(9-28)16(15)24-18(25-17)23-12-4-3-5-13-10(12)6-22-27(13)8-14(20)21/h3-7,14,28H,2,8-9H2,1H3,(H,23,24,25). The van der Waals surface area contributed by atoms with E-state index in [0.717, 1.165) is 0 Å². The van der Waals surface area contributed by atoms with E-state index in [0.29, 0.717) is 39.3 Å². The Labute approximate surface area is 168 Å². The van der Waals surface area contributed by atoms with Crippen LogP contribution in [0.2, 0.25) is 5.02 Å². The van der Waals surface area contributed by atoms with Gasteiger partial charge in [0.15, 0.2) is 5.65 Å². The number of alkyl halides is 2. The number of ether oxygens (including phenoxy) is 1. The maximum Gasteiger partial charge on any atom is 0.257 e. The monoisotopic (exact) mass is 422 g/mol. The normalized spacial score (nSPS) is 11.7. The SMILES string of the molecule is CCOc1nc(Nc2cccc3c2cnn3CC(F)F)nc2c1c(Cl)cn2CO. The minimum Gasteiger partial charge on any atom is -0.477 e. The molecule has 0 radical (unpaired) electrons. The van der Waals surface area contributed by atoms with Crippen molar-refractivity contribution in [2.75, 3.05) is 11.9 Å². The Bertz CT molecular complexity index is 1180. The van der Waals surface area contributed by atoms with Crippen LogP contribution in [0.3, 0.4) is 0 Å². The van der Waals surface area contributed by atoms with Gasteiger partial charge in [-0.1, -0.05) is 17.7 Å². The van der Waals surface area contributed by atoms with Crippen LogP contribution in [0, 0.1) is 0 Å². The summed E-state index contributed by atoms with van der Waals surface area (Å²) in [6.45, 7) is 1.37. The number of hydrogen-bond acceptors (Lipinski definition) is 6. The van der Waals surface area contributed by atoms with E-state index in [1.54, 1.807) is 24.4 Å². The summed E-state index contributed by atoms with van der Waals surface area (Å²) in [6.07, 6.45) is 0.544. The molecule has 0 spiro atoms. The minimum atomic E-state index is -2.51. The molecule has 0 aliphatic carbocycles. The molecule has 11 heteroatoms. The summed E-state index contributed by atoms with van der Waals surface area (Å²) in [5.41, 5.74) is 1.56. The highest BCUT2D eigenvalue weighted by Crippen LogP contribution is 2.34. The molecule has 3 heterocycles. The van der Waals surface area contributed by atoms with Gasteiger partial charge in [0, 0.05) is 11.6 Å². The summed E-state index contributed by atoms with van der Waals surface area (Å²) in [5, 5.41) is 18.2. The van der Waals surface area contributed by atoms with Gasteiger partial charge in [-0.15, -0.1) is 0 Å². The Balaban J connectivity index is 1.79. The summed E-state index contributed by atoms with van der Waals surface area (Å²) in [7, 11) is 0. The molecule has 0 fully saturated rings. The maximum atomic E-state index is 12.8. The number of nitrogens with one attached hydrogen (secondary N) is 1. The Morgan fingerprint density at radius 3 is 2.86 bits per heavy atom. The van der Waals surface area contributed by atoms with Gasteiger partial charge in [-0.3, -0.25) is 4.68 Å². The molecule has 1 aromatic carbocycles. The van der Waals surface area contributed by atoms with Crippen molar-refractivity contribution >= 4 is 45.2 Å². The lowest BCUT2D eigenvalue weighted by molar-refractivity contribution is 0.123. The van der Waals surface area contributed by atoms with Crippen LogP contribution in [-0.2, 0) is 13.3 Å². The molecular formula is C18H17ClF2N6O2. The summed E-state index contributed by atoms with van der Waals surface area (Å²) in [4.78, 5) is 8.82. The molecule has 0 unspecified atom stereocenters. The molecule has 4 aromatic rings. The second kappa shape index (κ2) is 7.80. The average molecular weight is 423 g/mol. The fourth-order valence-electron chi connectivity index (χ4n) is 3.12. The van der Waals surface area contributed by atoms with Crippen LogP contribution in [0.1, 0.15) is 6.92 Å². The van der Waals surface area contributed by atoms with Gasteiger partial charge in [0.25, 0.3) is 6.43 Å². The van der Waals surface area contributed by atoms with Gasteiger partial charge in [0.1, 0.15) is 13.3 Å². The third kappa shape index (κ3) is 3.56. The highest BCUT2D eigenvalue weighted by atomic mass is 35.5. The molecule has 0 amide bonds. The lowest BCUT2D eigenvalue weighted by Crippen LogP contribution is -2.07. The number of halogens is 3. The van der Waals surface area contributed by atoms with Gasteiger partial charge >= 0.3 is 0 Å². The van der Waals surface area contributed by atoms with Crippen molar-refractivity contribution in [1.82, 2.24) is 24.3 Å². The van der Waals surface area contributed by atoms with Crippen LogP contribution in [0.15, 0.2) is 30.6 Å². The smallest absolute Gasteiger partial charge is 0.257 e. The van der Waals surface area contributed by atoms with Crippen LogP contribution in [0.25, 0.3) is 21.9 Å². The van der Waals surface area contributed by atoms with E-state index in [2.05, 4.69) is 20.4 Å². The number of rotatable bonds is 7. The first-order valence-electron chi connectivity index (χ1n) is 8.81. The second-order valence-corrected chi connectivity index (χ2v) is 6.56. The molecule has 29 heavy (non-hydrogen) atoms. The van der Waals surface area contributed by atoms with E-state index in [-0.39, 0.29) is 18.6 Å². The summed E-state index contributed by atoms with van der Waals surface area (Å²) >= 11 is 6.25. The van der Waals surface area contributed by atoms with Crippen LogP contribution >= 0.6 is 11.6 Å². The molecule has 0 atom stereocenters. The third-order valence-corrected chi connectivity index (χ3v) is 4.60. The second-order valence-electron chi connectivity index (χ2n) is 6.15. The van der Waals surface area contributed by atoms with Gasteiger partial charge in [0.05, 0.1) is 34.4 Å². The van der Waals surface area contributed by atoms with Crippen molar-refractivity contribution in [3.05, 3.63) is 35.6 Å². The number of hydrogen-bond donors (Lipinski definition) is 2. The zero-order valence-electron chi connectivity index (χ0n) is 15.3. The minimum absolute atomic E-state index is 0.208. The van der Waals surface area contributed by atoms with Crippen LogP contribution < -0.4 is 10.1 Å². The largest absolute Gasteiger partial charge is 0.477 e. The lowest BCUT2D eigenvalue weighted by Gasteiger charge is -2.11. The van der Waals surface area contributed by atoms with E-state index in [1.165, 1.54) is 15.4 Å². The number of nitrogens with zero attached hydrogens (tertiary/aromatic N) is 5. The van der Waals surface area contributed by atoms with Crippen LogP contribution in [0.5, 0.6) is 5.88 Å². The topological polar surface area (TPSA) is 90.0 Å². The molecule has 0 bridgehead atoms.